The molecule has 1 rings (SSSR count). The fourth-order valence-corrected chi connectivity index (χ4v) is 2.69. The largest absolute Gasteiger partial charge is 0.481 e. The minimum atomic E-state index is -0.884. The molecule has 0 aromatic rings. The summed E-state index contributed by atoms with van der Waals surface area (Å²) in [5.41, 5.74) is -0.277. The number of carboxylic acid groups (broad SMARTS) is 1. The Hall–Kier alpha value is -1.26. The number of nitrogens with one attached hydrogen (secondary N) is 1. The first kappa shape index (κ1) is 16.8. The lowest BCUT2D eigenvalue weighted by atomic mass is 9.85. The molecular formula is C15H28N2O3. The predicted molar refractivity (Wildman–Crippen MR) is 78.6 cm³/mol. The number of carboxylic acids is 1. The Kier molecular flexibility index (Phi) is 5.42. The first-order valence-electron chi connectivity index (χ1n) is 7.40. The van der Waals surface area contributed by atoms with Gasteiger partial charge in [-0.05, 0) is 31.1 Å². The van der Waals surface area contributed by atoms with E-state index in [1.165, 1.54) is 0 Å². The summed E-state index contributed by atoms with van der Waals surface area (Å²) in [5, 5.41) is 11.9. The first-order chi connectivity index (χ1) is 9.11. The summed E-state index contributed by atoms with van der Waals surface area (Å²) >= 11 is 0. The molecule has 116 valence electrons. The van der Waals surface area contributed by atoms with Crippen molar-refractivity contribution in [1.82, 2.24) is 10.2 Å². The summed E-state index contributed by atoms with van der Waals surface area (Å²) in [6.45, 7) is 10.8. The molecule has 0 aromatic carbocycles. The van der Waals surface area contributed by atoms with Crippen molar-refractivity contribution in [3.05, 3.63) is 0 Å². The molecule has 1 aliphatic rings. The summed E-state index contributed by atoms with van der Waals surface area (Å²) in [6.07, 6.45) is 1.97. The first-order valence-corrected chi connectivity index (χ1v) is 7.40. The molecule has 3 unspecified atom stereocenters. The fraction of sp³-hybridized carbons (Fsp3) is 0.867. The smallest absolute Gasteiger partial charge is 0.317 e. The molecule has 0 saturated carbocycles. The normalized spacial score (nSPS) is 25.1. The lowest BCUT2D eigenvalue weighted by molar-refractivity contribution is -0.138. The molecule has 1 saturated heterocycles. The van der Waals surface area contributed by atoms with Crippen LogP contribution in [0, 0.1) is 11.3 Å². The maximum atomic E-state index is 12.4. The molecule has 0 bridgehead atoms. The topological polar surface area (TPSA) is 69.6 Å². The van der Waals surface area contributed by atoms with Gasteiger partial charge in [-0.25, -0.2) is 4.79 Å². The molecule has 5 heteroatoms. The van der Waals surface area contributed by atoms with E-state index in [1.54, 1.807) is 0 Å². The molecule has 5 nitrogen and oxygen atoms in total. The second-order valence-corrected chi connectivity index (χ2v) is 7.14. The van der Waals surface area contributed by atoms with Gasteiger partial charge >= 0.3 is 12.0 Å². The molecule has 1 aliphatic heterocycles. The number of hydrogen-bond acceptors (Lipinski definition) is 2. The Balaban J connectivity index is 2.68. The maximum Gasteiger partial charge on any atom is 0.317 e. The Bertz CT molecular complexity index is 363. The predicted octanol–water partition coefficient (Wildman–Crippen LogP) is 2.71. The van der Waals surface area contributed by atoms with E-state index >= 15 is 0 Å². The molecule has 20 heavy (non-hydrogen) atoms. The number of hydrogen-bond donors (Lipinski definition) is 2. The average molecular weight is 284 g/mol. The number of amides is 2. The molecule has 0 aliphatic carbocycles. The Morgan fingerprint density at radius 2 is 1.95 bits per heavy atom. The third kappa shape index (κ3) is 4.69. The van der Waals surface area contributed by atoms with Crippen molar-refractivity contribution in [2.45, 2.75) is 66.0 Å². The minimum absolute atomic E-state index is 0.0478. The quantitative estimate of drug-likeness (QED) is 0.837. The van der Waals surface area contributed by atoms with Gasteiger partial charge in [-0.2, -0.15) is 0 Å². The summed E-state index contributed by atoms with van der Waals surface area (Å²) in [4.78, 5) is 25.2. The van der Waals surface area contributed by atoms with Gasteiger partial charge in [-0.1, -0.05) is 27.7 Å². The van der Waals surface area contributed by atoms with Crippen LogP contribution in [0.25, 0.3) is 0 Å². The van der Waals surface area contributed by atoms with Crippen molar-refractivity contribution in [1.29, 1.82) is 0 Å². The van der Waals surface area contributed by atoms with Crippen molar-refractivity contribution < 1.29 is 14.7 Å². The maximum absolute atomic E-state index is 12.4. The van der Waals surface area contributed by atoms with Crippen LogP contribution < -0.4 is 5.32 Å². The summed E-state index contributed by atoms with van der Waals surface area (Å²) in [6, 6.07) is -0.283. The van der Waals surface area contributed by atoms with Crippen LogP contribution in [-0.4, -0.2) is 40.6 Å². The van der Waals surface area contributed by atoms with Crippen LogP contribution in [0.2, 0.25) is 0 Å². The number of rotatable bonds is 3. The van der Waals surface area contributed by atoms with Crippen LogP contribution >= 0.6 is 0 Å². The highest BCUT2D eigenvalue weighted by molar-refractivity contribution is 5.76. The third-order valence-corrected chi connectivity index (χ3v) is 4.12. The van der Waals surface area contributed by atoms with Gasteiger partial charge in [0.15, 0.2) is 0 Å². The van der Waals surface area contributed by atoms with Gasteiger partial charge in [-0.3, -0.25) is 4.79 Å². The van der Waals surface area contributed by atoms with Gasteiger partial charge < -0.3 is 15.3 Å². The Morgan fingerprint density at radius 3 is 2.40 bits per heavy atom. The van der Waals surface area contributed by atoms with Crippen molar-refractivity contribution in [2.75, 3.05) is 6.54 Å². The highest BCUT2D eigenvalue weighted by Crippen LogP contribution is 2.25. The molecule has 0 spiro atoms. The highest BCUT2D eigenvalue weighted by atomic mass is 16.4. The van der Waals surface area contributed by atoms with E-state index < -0.39 is 5.97 Å². The van der Waals surface area contributed by atoms with E-state index in [9.17, 15) is 9.59 Å². The molecule has 0 aromatic heterocycles. The molecule has 3 atom stereocenters. The van der Waals surface area contributed by atoms with E-state index in [2.05, 4.69) is 19.2 Å². The molecule has 2 N–H and O–H groups in total. The number of urea groups is 1. The molecule has 1 fully saturated rings. The van der Waals surface area contributed by atoms with Crippen molar-refractivity contribution in [2.24, 2.45) is 11.3 Å². The van der Waals surface area contributed by atoms with Crippen LogP contribution in [0.1, 0.15) is 53.9 Å². The lowest BCUT2D eigenvalue weighted by Gasteiger charge is -2.39. The van der Waals surface area contributed by atoms with Crippen LogP contribution in [0.5, 0.6) is 0 Å². The van der Waals surface area contributed by atoms with E-state index in [4.69, 9.17) is 5.11 Å². The lowest BCUT2D eigenvalue weighted by Crippen LogP contribution is -2.54. The minimum Gasteiger partial charge on any atom is -0.481 e. The van der Waals surface area contributed by atoms with Gasteiger partial charge in [-0.15, -0.1) is 0 Å². The van der Waals surface area contributed by atoms with E-state index in [1.807, 2.05) is 25.7 Å². The number of carbonyl (C=O) groups excluding carboxylic acids is 1. The molecule has 0 radical (unpaired) electrons. The third-order valence-electron chi connectivity index (χ3n) is 4.12. The number of likely N-dealkylation sites (tertiary alicyclic amines) is 1. The van der Waals surface area contributed by atoms with Crippen molar-refractivity contribution in [3.63, 3.8) is 0 Å². The zero-order valence-corrected chi connectivity index (χ0v) is 13.3. The number of piperidine rings is 1. The summed E-state index contributed by atoms with van der Waals surface area (Å²) < 4.78 is 0. The van der Waals surface area contributed by atoms with Gasteiger partial charge in [0, 0.05) is 18.6 Å². The van der Waals surface area contributed by atoms with Crippen LogP contribution in [0.15, 0.2) is 0 Å². The Labute approximate surface area is 121 Å². The van der Waals surface area contributed by atoms with Crippen LogP contribution in [-0.2, 0) is 4.79 Å². The number of carbonyl (C=O) groups is 2. The number of nitrogens with zero attached hydrogens (tertiary/aromatic N) is 1. The average Bonchev–Trinajstić information content (AvgIpc) is 2.25. The van der Waals surface area contributed by atoms with Crippen LogP contribution in [0.4, 0.5) is 4.79 Å². The van der Waals surface area contributed by atoms with Crippen molar-refractivity contribution >= 4 is 12.0 Å². The monoisotopic (exact) mass is 284 g/mol. The van der Waals surface area contributed by atoms with Gasteiger partial charge in [0.25, 0.3) is 0 Å². The molecule has 1 heterocycles. The van der Waals surface area contributed by atoms with Crippen LogP contribution in [0.3, 0.4) is 0 Å². The zero-order chi connectivity index (χ0) is 15.5. The molecule has 2 amide bonds. The summed E-state index contributed by atoms with van der Waals surface area (Å²) in [7, 11) is 0. The van der Waals surface area contributed by atoms with E-state index in [-0.39, 0.29) is 30.0 Å². The molecular weight excluding hydrogens is 256 g/mol. The number of aliphatic carboxylic acids is 1. The zero-order valence-electron chi connectivity index (χ0n) is 13.3. The SMILES string of the molecule is CC1CCN(C(=O)NC(CC(=O)O)C(C)(C)C)C(C)C1. The van der Waals surface area contributed by atoms with E-state index in [0.29, 0.717) is 5.92 Å². The standard InChI is InChI=1S/C15H28N2O3/c1-10-6-7-17(11(2)8-10)14(20)16-12(9-13(18)19)15(3,4)5/h10-12H,6-9H2,1-5H3,(H,16,20)(H,18,19). The fourth-order valence-electron chi connectivity index (χ4n) is 2.69. The van der Waals surface area contributed by atoms with Gasteiger partial charge in [0.1, 0.15) is 0 Å². The highest BCUT2D eigenvalue weighted by Gasteiger charge is 2.32. The van der Waals surface area contributed by atoms with Crippen molar-refractivity contribution in [3.8, 4) is 0 Å². The van der Waals surface area contributed by atoms with E-state index in [0.717, 1.165) is 19.4 Å². The second kappa shape index (κ2) is 6.46. The van der Waals surface area contributed by atoms with Gasteiger partial charge in [0.05, 0.1) is 6.42 Å². The summed E-state index contributed by atoms with van der Waals surface area (Å²) in [5.74, 6) is -0.239. The Morgan fingerprint density at radius 1 is 1.35 bits per heavy atom. The second-order valence-electron chi connectivity index (χ2n) is 7.14. The van der Waals surface area contributed by atoms with Gasteiger partial charge in [0.2, 0.25) is 0 Å².